The number of carbonyl (C=O) groups excluding carboxylic acids is 1. The van der Waals surface area contributed by atoms with E-state index < -0.39 is 11.9 Å². The van der Waals surface area contributed by atoms with Crippen LogP contribution in [0.25, 0.3) is 0 Å². The first-order valence-corrected chi connectivity index (χ1v) is 4.07. The molecule has 6 heteroatoms. The van der Waals surface area contributed by atoms with E-state index >= 15 is 0 Å². The fraction of sp³-hybridized carbons (Fsp3) is 0.222. The minimum Gasteiger partial charge on any atom is -0.475 e. The molecular weight excluding hydrogens is 200 g/mol. The Morgan fingerprint density at radius 2 is 2.40 bits per heavy atom. The summed E-state index contributed by atoms with van der Waals surface area (Å²) >= 11 is 0. The van der Waals surface area contributed by atoms with Gasteiger partial charge in [0.1, 0.15) is 0 Å². The Kier molecular flexibility index (Phi) is 3.46. The van der Waals surface area contributed by atoms with Crippen LogP contribution >= 0.6 is 0 Å². The zero-order chi connectivity index (χ0) is 11.3. The smallest absolute Gasteiger partial charge is 0.374 e. The lowest BCUT2D eigenvalue weighted by atomic mass is 10.3. The lowest BCUT2D eigenvalue weighted by molar-refractivity contribution is 0.0651. The SMILES string of the molecule is C#CCCNC(=O)c1cc(C(=O)O)on1. The van der Waals surface area contributed by atoms with E-state index in [1.807, 2.05) is 0 Å². The molecule has 0 bridgehead atoms. The highest BCUT2D eigenvalue weighted by atomic mass is 16.5. The van der Waals surface area contributed by atoms with Crippen LogP contribution in [0, 0.1) is 12.3 Å². The predicted molar refractivity (Wildman–Crippen MR) is 49.2 cm³/mol. The number of hydrogen-bond donors (Lipinski definition) is 2. The number of terminal acetylenes is 1. The van der Waals surface area contributed by atoms with E-state index in [4.69, 9.17) is 11.5 Å². The Hall–Kier alpha value is -2.29. The quantitative estimate of drug-likeness (QED) is 0.541. The number of carboxylic acids is 1. The molecule has 0 spiro atoms. The van der Waals surface area contributed by atoms with Crippen molar-refractivity contribution in [3.8, 4) is 12.3 Å². The molecule has 1 heterocycles. The molecule has 2 N–H and O–H groups in total. The first-order valence-electron chi connectivity index (χ1n) is 4.07. The summed E-state index contributed by atoms with van der Waals surface area (Å²) in [5, 5.41) is 14.3. The summed E-state index contributed by atoms with van der Waals surface area (Å²) in [6.45, 7) is 0.310. The zero-order valence-corrected chi connectivity index (χ0v) is 7.69. The van der Waals surface area contributed by atoms with E-state index in [9.17, 15) is 9.59 Å². The van der Waals surface area contributed by atoms with Gasteiger partial charge in [-0.25, -0.2) is 4.79 Å². The number of nitrogens with zero attached hydrogens (tertiary/aromatic N) is 1. The second-order valence-corrected chi connectivity index (χ2v) is 2.59. The van der Waals surface area contributed by atoms with Crippen LogP contribution in [0.2, 0.25) is 0 Å². The van der Waals surface area contributed by atoms with Crippen molar-refractivity contribution in [3.63, 3.8) is 0 Å². The normalized spacial score (nSPS) is 9.27. The molecule has 1 amide bonds. The molecule has 0 aromatic carbocycles. The average Bonchev–Trinajstić information content (AvgIpc) is 2.66. The van der Waals surface area contributed by atoms with Gasteiger partial charge in [-0.2, -0.15) is 0 Å². The molecule has 1 aromatic rings. The molecule has 0 saturated carbocycles. The number of hydrogen-bond acceptors (Lipinski definition) is 4. The van der Waals surface area contributed by atoms with Crippen LogP contribution in [-0.2, 0) is 0 Å². The molecule has 0 aliphatic heterocycles. The highest BCUT2D eigenvalue weighted by Gasteiger charge is 2.15. The fourth-order valence-corrected chi connectivity index (χ4v) is 0.822. The van der Waals surface area contributed by atoms with E-state index in [1.165, 1.54) is 0 Å². The largest absolute Gasteiger partial charge is 0.475 e. The summed E-state index contributed by atoms with van der Waals surface area (Å²) < 4.78 is 4.40. The van der Waals surface area contributed by atoms with Crippen molar-refractivity contribution < 1.29 is 19.2 Å². The molecule has 0 saturated heterocycles. The van der Waals surface area contributed by atoms with Gasteiger partial charge in [0.05, 0.1) is 0 Å². The third kappa shape index (κ3) is 2.84. The number of carbonyl (C=O) groups is 2. The van der Waals surface area contributed by atoms with Crippen molar-refractivity contribution in [2.75, 3.05) is 6.54 Å². The Bertz CT molecular complexity index is 416. The van der Waals surface area contributed by atoms with Crippen LogP contribution in [0.3, 0.4) is 0 Å². The van der Waals surface area contributed by atoms with Crippen molar-refractivity contribution in [3.05, 3.63) is 17.5 Å². The van der Waals surface area contributed by atoms with Crippen LogP contribution in [0.4, 0.5) is 0 Å². The Morgan fingerprint density at radius 3 is 2.93 bits per heavy atom. The molecule has 0 aliphatic carbocycles. The second kappa shape index (κ2) is 4.81. The van der Waals surface area contributed by atoms with E-state index in [0.29, 0.717) is 13.0 Å². The summed E-state index contributed by atoms with van der Waals surface area (Å²) in [6, 6.07) is 1.05. The van der Waals surface area contributed by atoms with E-state index in [1.54, 1.807) is 0 Å². The summed E-state index contributed by atoms with van der Waals surface area (Å²) in [4.78, 5) is 21.7. The van der Waals surface area contributed by atoms with Crippen LogP contribution in [0.1, 0.15) is 27.5 Å². The zero-order valence-electron chi connectivity index (χ0n) is 7.69. The molecule has 0 aliphatic rings. The number of aromatic carboxylic acids is 1. The summed E-state index contributed by atoms with van der Waals surface area (Å²) in [5.41, 5.74) is -0.0792. The molecule has 1 rings (SSSR count). The maximum Gasteiger partial charge on any atom is 0.374 e. The molecule has 1 aromatic heterocycles. The Balaban J connectivity index is 2.59. The van der Waals surface area contributed by atoms with Gasteiger partial charge in [-0.05, 0) is 0 Å². The van der Waals surface area contributed by atoms with Gasteiger partial charge in [-0.3, -0.25) is 4.79 Å². The average molecular weight is 208 g/mol. The molecule has 0 unspecified atom stereocenters. The Labute approximate surface area is 85.3 Å². The van der Waals surface area contributed by atoms with Gasteiger partial charge in [0.15, 0.2) is 5.69 Å². The second-order valence-electron chi connectivity index (χ2n) is 2.59. The number of amides is 1. The van der Waals surface area contributed by atoms with Crippen molar-refractivity contribution in [2.24, 2.45) is 0 Å². The van der Waals surface area contributed by atoms with Crippen molar-refractivity contribution in [1.82, 2.24) is 10.5 Å². The number of carboxylic acid groups (broad SMARTS) is 1. The van der Waals surface area contributed by atoms with Crippen molar-refractivity contribution >= 4 is 11.9 Å². The molecule has 0 fully saturated rings. The molecule has 0 radical (unpaired) electrons. The van der Waals surface area contributed by atoms with Gasteiger partial charge in [-0.15, -0.1) is 12.3 Å². The van der Waals surface area contributed by atoms with Gasteiger partial charge in [0, 0.05) is 19.0 Å². The Morgan fingerprint density at radius 1 is 1.67 bits per heavy atom. The summed E-state index contributed by atoms with van der Waals surface area (Å²) in [5.74, 6) is 0.182. The van der Waals surface area contributed by atoms with E-state index in [2.05, 4.69) is 20.9 Å². The first-order chi connectivity index (χ1) is 7.15. The highest BCUT2D eigenvalue weighted by Crippen LogP contribution is 2.02. The lowest BCUT2D eigenvalue weighted by Gasteiger charge is -1.97. The number of aromatic nitrogens is 1. The highest BCUT2D eigenvalue weighted by molar-refractivity contribution is 5.94. The summed E-state index contributed by atoms with van der Waals surface area (Å²) in [7, 11) is 0. The monoisotopic (exact) mass is 208 g/mol. The molecule has 0 atom stereocenters. The van der Waals surface area contributed by atoms with E-state index in [-0.39, 0.29) is 11.5 Å². The van der Waals surface area contributed by atoms with Crippen molar-refractivity contribution in [2.45, 2.75) is 6.42 Å². The standard InChI is InChI=1S/C9H8N2O4/c1-2-3-4-10-8(12)6-5-7(9(13)14)15-11-6/h1,5H,3-4H2,(H,10,12)(H,13,14). The topological polar surface area (TPSA) is 92.4 Å². The van der Waals surface area contributed by atoms with Gasteiger partial charge in [-0.1, -0.05) is 5.16 Å². The molecule has 6 nitrogen and oxygen atoms in total. The molecule has 78 valence electrons. The van der Waals surface area contributed by atoms with Crippen LogP contribution in [-0.4, -0.2) is 28.7 Å². The molecule has 15 heavy (non-hydrogen) atoms. The number of nitrogens with one attached hydrogen (secondary N) is 1. The molecular formula is C9H8N2O4. The van der Waals surface area contributed by atoms with Gasteiger partial charge >= 0.3 is 5.97 Å². The third-order valence-electron chi connectivity index (χ3n) is 1.51. The summed E-state index contributed by atoms with van der Waals surface area (Å²) in [6.07, 6.45) is 5.38. The number of rotatable bonds is 4. The van der Waals surface area contributed by atoms with Crippen molar-refractivity contribution in [1.29, 1.82) is 0 Å². The van der Waals surface area contributed by atoms with E-state index in [0.717, 1.165) is 6.07 Å². The van der Waals surface area contributed by atoms with Gasteiger partial charge < -0.3 is 14.9 Å². The minimum atomic E-state index is -1.27. The lowest BCUT2D eigenvalue weighted by Crippen LogP contribution is -2.24. The van der Waals surface area contributed by atoms with Gasteiger partial charge in [0.25, 0.3) is 5.91 Å². The van der Waals surface area contributed by atoms with Crippen LogP contribution in [0.5, 0.6) is 0 Å². The predicted octanol–water partition coefficient (Wildman–Crippen LogP) is 0.126. The van der Waals surface area contributed by atoms with Gasteiger partial charge in [0.2, 0.25) is 5.76 Å². The maximum absolute atomic E-state index is 11.3. The van der Waals surface area contributed by atoms with Crippen LogP contribution in [0.15, 0.2) is 10.6 Å². The fourth-order valence-electron chi connectivity index (χ4n) is 0.822. The minimum absolute atomic E-state index is 0.0792. The third-order valence-corrected chi connectivity index (χ3v) is 1.51. The first kappa shape index (κ1) is 10.8. The van der Waals surface area contributed by atoms with Crippen LogP contribution < -0.4 is 5.32 Å². The maximum atomic E-state index is 11.3.